The van der Waals surface area contributed by atoms with Crippen LogP contribution in [0.15, 0.2) is 24.3 Å². The first-order chi connectivity index (χ1) is 12.3. The molecule has 1 aliphatic heterocycles. The zero-order valence-electron chi connectivity index (χ0n) is 15.1. The van der Waals surface area contributed by atoms with Crippen molar-refractivity contribution in [1.82, 2.24) is 14.7 Å². The van der Waals surface area contributed by atoms with Crippen LogP contribution in [-0.4, -0.2) is 46.3 Å². The van der Waals surface area contributed by atoms with Crippen LogP contribution in [0.2, 0.25) is 0 Å². The SMILES string of the molecule is Cc1nn(C)c(C)c1NC(=O)[C@H]1OCC(=O)N(C)[C@H]1c1ccc(F)cc1. The van der Waals surface area contributed by atoms with Gasteiger partial charge in [0, 0.05) is 14.1 Å². The summed E-state index contributed by atoms with van der Waals surface area (Å²) in [7, 11) is 3.41. The minimum atomic E-state index is -0.915. The topological polar surface area (TPSA) is 76.5 Å². The molecule has 1 aromatic carbocycles. The van der Waals surface area contributed by atoms with Crippen LogP contribution in [0.4, 0.5) is 10.1 Å². The number of aryl methyl sites for hydroxylation is 2. The molecule has 2 atom stereocenters. The number of nitrogens with one attached hydrogen (secondary N) is 1. The van der Waals surface area contributed by atoms with Gasteiger partial charge in [-0.15, -0.1) is 0 Å². The highest BCUT2D eigenvalue weighted by molar-refractivity contribution is 5.97. The lowest BCUT2D eigenvalue weighted by Crippen LogP contribution is -2.51. The van der Waals surface area contributed by atoms with Gasteiger partial charge in [-0.2, -0.15) is 5.10 Å². The first kappa shape index (κ1) is 18.1. The van der Waals surface area contributed by atoms with Crippen LogP contribution in [0.3, 0.4) is 0 Å². The number of anilines is 1. The molecular weight excluding hydrogens is 339 g/mol. The summed E-state index contributed by atoms with van der Waals surface area (Å²) in [5.74, 6) is -1.00. The Kier molecular flexibility index (Phi) is 4.78. The summed E-state index contributed by atoms with van der Waals surface area (Å²) in [6, 6.07) is 5.06. The molecule has 2 amide bonds. The minimum absolute atomic E-state index is 0.183. The average molecular weight is 360 g/mol. The van der Waals surface area contributed by atoms with E-state index in [1.165, 1.54) is 17.0 Å². The lowest BCUT2D eigenvalue weighted by atomic mass is 9.97. The Balaban J connectivity index is 1.91. The van der Waals surface area contributed by atoms with E-state index in [0.717, 1.165) is 5.69 Å². The Hall–Kier alpha value is -2.74. The third-order valence-electron chi connectivity index (χ3n) is 4.71. The molecule has 2 heterocycles. The second kappa shape index (κ2) is 6.87. The van der Waals surface area contributed by atoms with Gasteiger partial charge in [-0.3, -0.25) is 14.3 Å². The number of morpholine rings is 1. The zero-order valence-corrected chi connectivity index (χ0v) is 15.1. The van der Waals surface area contributed by atoms with E-state index in [1.807, 2.05) is 6.92 Å². The highest BCUT2D eigenvalue weighted by Gasteiger charge is 2.40. The molecule has 1 saturated heterocycles. The normalized spacial score (nSPS) is 20.3. The maximum absolute atomic E-state index is 13.3. The molecule has 0 unspecified atom stereocenters. The van der Waals surface area contributed by atoms with Crippen LogP contribution in [0, 0.1) is 19.7 Å². The van der Waals surface area contributed by atoms with Gasteiger partial charge < -0.3 is 15.0 Å². The Morgan fingerprint density at radius 3 is 2.50 bits per heavy atom. The summed E-state index contributed by atoms with van der Waals surface area (Å²) in [5, 5.41) is 7.13. The van der Waals surface area contributed by atoms with Crippen LogP contribution in [0.5, 0.6) is 0 Å². The van der Waals surface area contributed by atoms with Crippen molar-refractivity contribution < 1.29 is 18.7 Å². The van der Waals surface area contributed by atoms with Crippen molar-refractivity contribution >= 4 is 17.5 Å². The number of rotatable bonds is 3. The molecule has 1 aromatic heterocycles. The lowest BCUT2D eigenvalue weighted by molar-refractivity contribution is -0.160. The summed E-state index contributed by atoms with van der Waals surface area (Å²) in [4.78, 5) is 26.4. The number of halogens is 1. The maximum atomic E-state index is 13.3. The van der Waals surface area contributed by atoms with Gasteiger partial charge in [-0.05, 0) is 31.5 Å². The molecule has 0 spiro atoms. The molecule has 7 nitrogen and oxygen atoms in total. The van der Waals surface area contributed by atoms with Crippen molar-refractivity contribution in [3.63, 3.8) is 0 Å². The number of likely N-dealkylation sites (N-methyl/N-ethyl adjacent to an activating group) is 1. The quantitative estimate of drug-likeness (QED) is 0.904. The first-order valence-corrected chi connectivity index (χ1v) is 8.23. The Morgan fingerprint density at radius 2 is 1.92 bits per heavy atom. The van der Waals surface area contributed by atoms with E-state index in [1.54, 1.807) is 37.8 Å². The Morgan fingerprint density at radius 1 is 1.27 bits per heavy atom. The minimum Gasteiger partial charge on any atom is -0.356 e. The van der Waals surface area contributed by atoms with Gasteiger partial charge in [0.2, 0.25) is 5.91 Å². The lowest BCUT2D eigenvalue weighted by Gasteiger charge is -2.38. The number of aromatic nitrogens is 2. The number of ether oxygens (including phenoxy) is 1. The van der Waals surface area contributed by atoms with Gasteiger partial charge in [0.25, 0.3) is 5.91 Å². The van der Waals surface area contributed by atoms with Gasteiger partial charge >= 0.3 is 0 Å². The van der Waals surface area contributed by atoms with Gasteiger partial charge in [0.05, 0.1) is 23.1 Å². The third kappa shape index (κ3) is 3.20. The molecule has 0 saturated carbocycles. The number of hydrogen-bond acceptors (Lipinski definition) is 4. The second-order valence-corrected chi connectivity index (χ2v) is 6.39. The summed E-state index contributed by atoms with van der Waals surface area (Å²) in [6.45, 7) is 3.47. The van der Waals surface area contributed by atoms with Gasteiger partial charge in [-0.25, -0.2) is 4.39 Å². The number of benzene rings is 1. The number of hydrogen-bond donors (Lipinski definition) is 1. The Bertz CT molecular complexity index is 847. The molecule has 26 heavy (non-hydrogen) atoms. The highest BCUT2D eigenvalue weighted by atomic mass is 19.1. The average Bonchev–Trinajstić information content (AvgIpc) is 2.84. The van der Waals surface area contributed by atoms with E-state index in [9.17, 15) is 14.0 Å². The van der Waals surface area contributed by atoms with Crippen molar-refractivity contribution in [2.45, 2.75) is 26.0 Å². The Labute approximate surface area is 150 Å². The van der Waals surface area contributed by atoms with Crippen LogP contribution < -0.4 is 5.32 Å². The number of carbonyl (C=O) groups excluding carboxylic acids is 2. The smallest absolute Gasteiger partial charge is 0.256 e. The number of amides is 2. The van der Waals surface area contributed by atoms with Gasteiger partial charge in [0.1, 0.15) is 12.4 Å². The zero-order chi connectivity index (χ0) is 19.0. The molecule has 8 heteroatoms. The summed E-state index contributed by atoms with van der Waals surface area (Å²) in [5.41, 5.74) is 2.76. The number of carbonyl (C=O) groups is 2. The predicted molar refractivity (Wildman–Crippen MR) is 93.0 cm³/mol. The fraction of sp³-hybridized carbons (Fsp3) is 0.389. The molecule has 2 aromatic rings. The first-order valence-electron chi connectivity index (χ1n) is 8.23. The van der Waals surface area contributed by atoms with Gasteiger partial charge in [0.15, 0.2) is 6.10 Å². The molecule has 3 rings (SSSR count). The molecular formula is C18H21FN4O3. The third-order valence-corrected chi connectivity index (χ3v) is 4.71. The van der Waals surface area contributed by atoms with Crippen LogP contribution in [0.25, 0.3) is 0 Å². The second-order valence-electron chi connectivity index (χ2n) is 6.39. The van der Waals surface area contributed by atoms with E-state index in [0.29, 0.717) is 16.9 Å². The number of nitrogens with zero attached hydrogens (tertiary/aromatic N) is 3. The molecule has 1 aliphatic rings. The van der Waals surface area contributed by atoms with E-state index >= 15 is 0 Å². The van der Waals surface area contributed by atoms with Crippen LogP contribution in [0.1, 0.15) is 23.0 Å². The summed E-state index contributed by atoms with van der Waals surface area (Å²) < 4.78 is 20.5. The van der Waals surface area contributed by atoms with Crippen molar-refractivity contribution in [2.75, 3.05) is 19.0 Å². The standard InChI is InChI=1S/C18H21FN4O3/c1-10-15(11(2)23(4)21-10)20-18(25)17-16(22(3)14(24)9-26-17)12-5-7-13(19)8-6-12/h5-8,16-17H,9H2,1-4H3,(H,20,25)/t16-,17-/m0/s1. The van der Waals surface area contributed by atoms with Crippen molar-refractivity contribution in [3.8, 4) is 0 Å². The predicted octanol–water partition coefficient (Wildman–Crippen LogP) is 1.71. The largest absolute Gasteiger partial charge is 0.356 e. The molecule has 0 aliphatic carbocycles. The van der Waals surface area contributed by atoms with E-state index < -0.39 is 12.1 Å². The molecule has 0 bridgehead atoms. The van der Waals surface area contributed by atoms with Crippen LogP contribution >= 0.6 is 0 Å². The maximum Gasteiger partial charge on any atom is 0.256 e. The van der Waals surface area contributed by atoms with Crippen molar-refractivity contribution in [3.05, 3.63) is 47.0 Å². The highest BCUT2D eigenvalue weighted by Crippen LogP contribution is 2.30. The molecule has 0 radical (unpaired) electrons. The fourth-order valence-corrected chi connectivity index (χ4v) is 3.14. The summed E-state index contributed by atoms with van der Waals surface area (Å²) in [6.07, 6.45) is -0.915. The fourth-order valence-electron chi connectivity index (χ4n) is 3.14. The molecule has 138 valence electrons. The van der Waals surface area contributed by atoms with E-state index in [-0.39, 0.29) is 24.2 Å². The van der Waals surface area contributed by atoms with E-state index in [4.69, 9.17) is 4.74 Å². The van der Waals surface area contributed by atoms with Gasteiger partial charge in [-0.1, -0.05) is 12.1 Å². The summed E-state index contributed by atoms with van der Waals surface area (Å²) >= 11 is 0. The van der Waals surface area contributed by atoms with Crippen LogP contribution in [-0.2, 0) is 21.4 Å². The van der Waals surface area contributed by atoms with E-state index in [2.05, 4.69) is 10.4 Å². The molecule has 1 N–H and O–H groups in total. The van der Waals surface area contributed by atoms with Crippen molar-refractivity contribution in [2.24, 2.45) is 7.05 Å². The van der Waals surface area contributed by atoms with Crippen molar-refractivity contribution in [1.29, 1.82) is 0 Å². The molecule has 1 fully saturated rings. The monoisotopic (exact) mass is 360 g/mol.